The zero-order valence-corrected chi connectivity index (χ0v) is 22.6. The van der Waals surface area contributed by atoms with E-state index >= 15 is 0 Å². The van der Waals surface area contributed by atoms with E-state index in [1.165, 1.54) is 12.1 Å². The molecule has 0 radical (unpaired) electrons. The van der Waals surface area contributed by atoms with Crippen LogP contribution in [0.25, 0.3) is 0 Å². The maximum Gasteiger partial charge on any atom is 0.340 e. The summed E-state index contributed by atoms with van der Waals surface area (Å²) in [5, 5.41) is 20.6. The molecular formula is C26H23Br2NO8. The molecule has 1 spiro atoms. The normalized spacial score (nSPS) is 14.5. The first-order chi connectivity index (χ1) is 17.8. The van der Waals surface area contributed by atoms with Crippen molar-refractivity contribution in [3.05, 3.63) is 73.7 Å². The number of aromatic hydroxyl groups is 2. The highest BCUT2D eigenvalue weighted by atomic mass is 79.9. The van der Waals surface area contributed by atoms with Gasteiger partial charge in [0.05, 0.1) is 40.9 Å². The summed E-state index contributed by atoms with van der Waals surface area (Å²) in [6.45, 7) is 2.48. The van der Waals surface area contributed by atoms with Gasteiger partial charge < -0.3 is 39.6 Å². The lowest BCUT2D eigenvalue weighted by Crippen LogP contribution is -2.33. The summed E-state index contributed by atoms with van der Waals surface area (Å²) in [5.74, 6) is 0.454. The fourth-order valence-electron chi connectivity index (χ4n) is 4.43. The second-order valence-corrected chi connectivity index (χ2v) is 10.1. The van der Waals surface area contributed by atoms with Gasteiger partial charge in [-0.2, -0.15) is 0 Å². The van der Waals surface area contributed by atoms with Crippen LogP contribution in [0.15, 0.2) is 51.4 Å². The molecule has 4 N–H and O–H groups in total. The molecule has 0 bridgehead atoms. The molecule has 2 aliphatic rings. The highest BCUT2D eigenvalue weighted by Crippen LogP contribution is 2.58. The number of hydrogen-bond acceptors (Lipinski definition) is 9. The SMILES string of the molecule is NCCOCCOCCOc1ccc2c(c1)C(=O)OC21c2cc(Br)c(O)cc2Oc2cc(O)c(Br)cc21. The summed E-state index contributed by atoms with van der Waals surface area (Å²) in [6.07, 6.45) is 0. The van der Waals surface area contributed by atoms with E-state index in [4.69, 9.17) is 29.4 Å². The number of fused-ring (bicyclic) bond motifs is 6. The van der Waals surface area contributed by atoms with Gasteiger partial charge in [-0.3, -0.25) is 0 Å². The van der Waals surface area contributed by atoms with Crippen LogP contribution in [0.5, 0.6) is 28.7 Å². The fourth-order valence-corrected chi connectivity index (χ4v) is 5.12. The molecule has 0 aromatic heterocycles. The zero-order valence-electron chi connectivity index (χ0n) is 19.5. The Hall–Kier alpha value is -2.83. The monoisotopic (exact) mass is 635 g/mol. The Morgan fingerprint density at radius 1 is 0.811 bits per heavy atom. The van der Waals surface area contributed by atoms with Gasteiger partial charge in [0.2, 0.25) is 0 Å². The average Bonchev–Trinajstić information content (AvgIpc) is 3.16. The van der Waals surface area contributed by atoms with Gasteiger partial charge >= 0.3 is 5.97 Å². The van der Waals surface area contributed by atoms with Crippen LogP contribution in [0.4, 0.5) is 0 Å². The Morgan fingerprint density at radius 3 is 2.03 bits per heavy atom. The molecular weight excluding hydrogens is 614 g/mol. The first-order valence-electron chi connectivity index (χ1n) is 11.4. The molecule has 0 saturated heterocycles. The van der Waals surface area contributed by atoms with E-state index in [-0.39, 0.29) is 18.1 Å². The van der Waals surface area contributed by atoms with Crippen LogP contribution in [-0.2, 0) is 19.8 Å². The van der Waals surface area contributed by atoms with Gasteiger partial charge in [-0.25, -0.2) is 4.79 Å². The minimum Gasteiger partial charge on any atom is -0.507 e. The van der Waals surface area contributed by atoms with Gasteiger partial charge in [-0.1, -0.05) is 0 Å². The second kappa shape index (κ2) is 10.5. The number of carbonyl (C=O) groups is 1. The fraction of sp³-hybridized carbons (Fsp3) is 0.269. The van der Waals surface area contributed by atoms with Crippen LogP contribution in [0.1, 0.15) is 27.0 Å². The molecule has 11 heteroatoms. The van der Waals surface area contributed by atoms with E-state index in [1.807, 2.05) is 0 Å². The number of esters is 1. The Bertz CT molecular complexity index is 1310. The van der Waals surface area contributed by atoms with E-state index in [0.717, 1.165) is 0 Å². The minimum absolute atomic E-state index is 0.0415. The van der Waals surface area contributed by atoms with Gasteiger partial charge in [0, 0.05) is 35.4 Å². The van der Waals surface area contributed by atoms with Crippen LogP contribution in [-0.4, -0.2) is 55.8 Å². The molecule has 5 rings (SSSR count). The number of carbonyl (C=O) groups excluding carboxylic acids is 1. The molecule has 37 heavy (non-hydrogen) atoms. The summed E-state index contributed by atoms with van der Waals surface area (Å²) in [6, 6.07) is 11.4. The molecule has 194 valence electrons. The van der Waals surface area contributed by atoms with Crippen LogP contribution < -0.4 is 15.2 Å². The molecule has 0 saturated carbocycles. The molecule has 0 atom stereocenters. The van der Waals surface area contributed by atoms with Crippen molar-refractivity contribution in [1.29, 1.82) is 0 Å². The molecule has 0 amide bonds. The molecule has 2 aliphatic heterocycles. The molecule has 0 fully saturated rings. The standard InChI is InChI=1S/C26H23Br2NO8/c27-19-10-17-23(12-21(19)30)36-24-13-22(31)20(28)11-18(24)26(17)16-2-1-14(9-15(16)25(32)37-26)35-8-7-34-6-5-33-4-3-29/h1-2,9-13,30-31H,3-8,29H2. The number of phenols is 2. The third kappa shape index (κ3) is 4.66. The Balaban J connectivity index is 1.47. The van der Waals surface area contributed by atoms with Crippen molar-refractivity contribution in [2.45, 2.75) is 5.60 Å². The third-order valence-electron chi connectivity index (χ3n) is 6.04. The summed E-state index contributed by atoms with van der Waals surface area (Å²) in [7, 11) is 0. The lowest BCUT2D eigenvalue weighted by molar-refractivity contribution is 0.0223. The summed E-state index contributed by atoms with van der Waals surface area (Å²) in [5.41, 5.74) is 5.96. The minimum atomic E-state index is -1.37. The van der Waals surface area contributed by atoms with E-state index in [9.17, 15) is 15.0 Å². The highest BCUT2D eigenvalue weighted by Gasteiger charge is 2.54. The largest absolute Gasteiger partial charge is 0.507 e. The summed E-state index contributed by atoms with van der Waals surface area (Å²) >= 11 is 6.71. The van der Waals surface area contributed by atoms with Crippen molar-refractivity contribution in [1.82, 2.24) is 0 Å². The van der Waals surface area contributed by atoms with E-state index in [2.05, 4.69) is 31.9 Å². The maximum atomic E-state index is 13.2. The predicted octanol–water partition coefficient (Wildman–Crippen LogP) is 4.56. The molecule has 9 nitrogen and oxygen atoms in total. The van der Waals surface area contributed by atoms with Crippen LogP contribution in [0.2, 0.25) is 0 Å². The number of halogens is 2. The van der Waals surface area contributed by atoms with Gasteiger partial charge in [0.25, 0.3) is 0 Å². The summed E-state index contributed by atoms with van der Waals surface area (Å²) < 4.78 is 29.5. The second-order valence-electron chi connectivity index (χ2n) is 8.34. The van der Waals surface area contributed by atoms with Crippen molar-refractivity contribution >= 4 is 37.8 Å². The third-order valence-corrected chi connectivity index (χ3v) is 7.31. The van der Waals surface area contributed by atoms with Crippen molar-refractivity contribution < 1.29 is 38.7 Å². The quantitative estimate of drug-likeness (QED) is 0.229. The van der Waals surface area contributed by atoms with Gasteiger partial charge in [0.15, 0.2) is 5.60 Å². The van der Waals surface area contributed by atoms with Crippen molar-refractivity contribution in [2.24, 2.45) is 5.73 Å². The molecule has 3 aromatic rings. The molecule has 0 unspecified atom stereocenters. The van der Waals surface area contributed by atoms with Crippen LogP contribution in [0.3, 0.4) is 0 Å². The average molecular weight is 637 g/mol. The number of phenolic OH excluding ortho intramolecular Hbond substituents is 2. The zero-order chi connectivity index (χ0) is 26.2. The highest BCUT2D eigenvalue weighted by molar-refractivity contribution is 9.10. The lowest BCUT2D eigenvalue weighted by atomic mass is 9.77. The van der Waals surface area contributed by atoms with E-state index in [1.54, 1.807) is 30.3 Å². The maximum absolute atomic E-state index is 13.2. The summed E-state index contributed by atoms with van der Waals surface area (Å²) in [4.78, 5) is 13.2. The molecule has 3 aromatic carbocycles. The predicted molar refractivity (Wildman–Crippen MR) is 140 cm³/mol. The number of nitrogens with two attached hydrogens (primary N) is 1. The van der Waals surface area contributed by atoms with E-state index in [0.29, 0.717) is 81.4 Å². The van der Waals surface area contributed by atoms with Crippen LogP contribution >= 0.6 is 31.9 Å². The Morgan fingerprint density at radius 2 is 1.41 bits per heavy atom. The topological polar surface area (TPSA) is 130 Å². The molecule has 0 aliphatic carbocycles. The number of ether oxygens (including phenoxy) is 5. The first-order valence-corrected chi connectivity index (χ1v) is 13.0. The number of rotatable bonds is 9. The van der Waals surface area contributed by atoms with Crippen molar-refractivity contribution in [3.8, 4) is 28.7 Å². The number of benzene rings is 3. The molecule has 2 heterocycles. The first kappa shape index (κ1) is 25.8. The van der Waals surface area contributed by atoms with E-state index < -0.39 is 11.6 Å². The Labute approximate surface area is 229 Å². The lowest BCUT2D eigenvalue weighted by Gasteiger charge is -2.37. The van der Waals surface area contributed by atoms with Gasteiger partial charge in [0.1, 0.15) is 35.4 Å². The van der Waals surface area contributed by atoms with Crippen LogP contribution in [0, 0.1) is 0 Å². The van der Waals surface area contributed by atoms with Crippen molar-refractivity contribution in [2.75, 3.05) is 39.6 Å². The van der Waals surface area contributed by atoms with Gasteiger partial charge in [-0.15, -0.1) is 0 Å². The number of hydrogen-bond donors (Lipinski definition) is 3. The Kier molecular flexibility index (Phi) is 7.32. The van der Waals surface area contributed by atoms with Crippen molar-refractivity contribution in [3.63, 3.8) is 0 Å². The van der Waals surface area contributed by atoms with Gasteiger partial charge in [-0.05, 0) is 62.2 Å². The smallest absolute Gasteiger partial charge is 0.340 e.